The van der Waals surface area contributed by atoms with Crippen molar-refractivity contribution in [1.82, 2.24) is 5.32 Å². The summed E-state index contributed by atoms with van der Waals surface area (Å²) in [4.78, 5) is 0. The van der Waals surface area contributed by atoms with Gasteiger partial charge in [-0.2, -0.15) is 0 Å². The van der Waals surface area contributed by atoms with Crippen LogP contribution in [0.5, 0.6) is 0 Å². The van der Waals surface area contributed by atoms with Crippen LogP contribution in [0.25, 0.3) is 0 Å². The summed E-state index contributed by atoms with van der Waals surface area (Å²) < 4.78 is 7.65. The minimum Gasteiger partial charge on any atom is -0.396 e. The summed E-state index contributed by atoms with van der Waals surface area (Å²) in [5, 5.41) is 13.7. The molecule has 7 fully saturated rings. The highest BCUT2D eigenvalue weighted by molar-refractivity contribution is 5.18. The summed E-state index contributed by atoms with van der Waals surface area (Å²) in [6.07, 6.45) is 24.5. The van der Waals surface area contributed by atoms with Gasteiger partial charge in [0.25, 0.3) is 0 Å². The quantitative estimate of drug-likeness (QED) is 0.368. The van der Waals surface area contributed by atoms with E-state index in [0.717, 1.165) is 37.6 Å². The Morgan fingerprint density at radius 2 is 1.68 bits per heavy atom. The Bertz CT molecular complexity index is 787. The molecule has 212 valence electrons. The maximum atomic E-state index is 10.2. The molecule has 8 atom stereocenters. The van der Waals surface area contributed by atoms with Gasteiger partial charge in [0, 0.05) is 18.1 Å². The van der Waals surface area contributed by atoms with Gasteiger partial charge in [0.15, 0.2) is 0 Å². The van der Waals surface area contributed by atoms with Gasteiger partial charge in [-0.25, -0.2) is 0 Å². The summed E-state index contributed by atoms with van der Waals surface area (Å²) in [6.45, 7) is 3.76. The third kappa shape index (κ3) is 4.96. The molecule has 0 aromatic rings. The third-order valence-corrected chi connectivity index (χ3v) is 12.9. The fourth-order valence-electron chi connectivity index (χ4n) is 11.4. The van der Waals surface area contributed by atoms with E-state index < -0.39 is 0 Å². The van der Waals surface area contributed by atoms with E-state index in [2.05, 4.69) is 12.2 Å². The van der Waals surface area contributed by atoms with E-state index >= 15 is 0 Å². The predicted octanol–water partition coefficient (Wildman–Crippen LogP) is 5.63. The molecule has 5 heteroatoms. The molecule has 7 aliphatic rings. The lowest BCUT2D eigenvalue weighted by atomic mass is 9.49. The zero-order chi connectivity index (χ0) is 25.7. The molecule has 0 aromatic heterocycles. The summed E-state index contributed by atoms with van der Waals surface area (Å²) in [6, 6.07) is 0. The van der Waals surface area contributed by atoms with Gasteiger partial charge in [-0.05, 0) is 132 Å². The van der Waals surface area contributed by atoms with Crippen molar-refractivity contribution in [3.63, 3.8) is 0 Å². The number of rotatable bonds is 6. The van der Waals surface area contributed by atoms with Gasteiger partial charge in [0.2, 0.25) is 0 Å². The van der Waals surface area contributed by atoms with Crippen LogP contribution in [0.3, 0.4) is 0 Å². The lowest BCUT2D eigenvalue weighted by molar-refractivity contribution is -0.315. The summed E-state index contributed by atoms with van der Waals surface area (Å²) in [5.74, 6) is 3.22. The Balaban J connectivity index is 1.29. The lowest BCUT2D eigenvalue weighted by Gasteiger charge is -2.68. The van der Waals surface area contributed by atoms with Gasteiger partial charge in [-0.3, -0.25) is 0 Å². The molecular weight excluding hydrogens is 458 g/mol. The van der Waals surface area contributed by atoms with Crippen molar-refractivity contribution in [3.8, 4) is 0 Å². The number of ether oxygens (including phenoxy) is 1. The van der Waals surface area contributed by atoms with Crippen LogP contribution in [-0.4, -0.2) is 41.2 Å². The van der Waals surface area contributed by atoms with E-state index in [1.54, 1.807) is 0 Å². The molecule has 4 saturated carbocycles. The van der Waals surface area contributed by atoms with E-state index in [1.807, 2.05) is 0 Å². The molecular formula is C32H57N3O2. The first-order valence-corrected chi connectivity index (χ1v) is 16.4. The van der Waals surface area contributed by atoms with Gasteiger partial charge in [-0.15, -0.1) is 0 Å². The second-order valence-corrected chi connectivity index (χ2v) is 15.3. The number of aliphatic hydroxyl groups excluding tert-OH is 1. The van der Waals surface area contributed by atoms with Crippen LogP contribution in [0.2, 0.25) is 0 Å². The van der Waals surface area contributed by atoms with E-state index in [4.69, 9.17) is 16.2 Å². The number of nitrogens with two attached hydrogens (primary N) is 2. The second-order valence-electron chi connectivity index (χ2n) is 15.3. The molecule has 0 amide bonds. The minimum atomic E-state index is -0.281. The Morgan fingerprint density at radius 3 is 2.38 bits per heavy atom. The molecule has 3 aliphatic heterocycles. The van der Waals surface area contributed by atoms with Crippen molar-refractivity contribution < 1.29 is 9.84 Å². The monoisotopic (exact) mass is 515 g/mol. The molecule has 0 aromatic carbocycles. The van der Waals surface area contributed by atoms with Crippen LogP contribution in [0.1, 0.15) is 129 Å². The largest absolute Gasteiger partial charge is 0.396 e. The summed E-state index contributed by atoms with van der Waals surface area (Å²) >= 11 is 0. The number of hydrogen-bond donors (Lipinski definition) is 4. The molecule has 3 heterocycles. The number of piperidine rings is 1. The molecule has 6 N–H and O–H groups in total. The predicted molar refractivity (Wildman–Crippen MR) is 150 cm³/mol. The second kappa shape index (κ2) is 10.3. The maximum Gasteiger partial charge on any atom is 0.0736 e. The third-order valence-electron chi connectivity index (χ3n) is 12.9. The maximum absolute atomic E-state index is 10.2. The molecule has 0 radical (unpaired) electrons. The zero-order valence-corrected chi connectivity index (χ0v) is 23.8. The van der Waals surface area contributed by atoms with Gasteiger partial charge in [0.05, 0.1) is 17.4 Å². The van der Waals surface area contributed by atoms with Crippen molar-refractivity contribution in [2.75, 3.05) is 13.2 Å². The van der Waals surface area contributed by atoms with Gasteiger partial charge < -0.3 is 26.6 Å². The van der Waals surface area contributed by atoms with Crippen LogP contribution < -0.4 is 16.8 Å². The molecule has 37 heavy (non-hydrogen) atoms. The molecule has 1 spiro atoms. The Hall–Kier alpha value is -0.200. The van der Waals surface area contributed by atoms with Gasteiger partial charge in [-0.1, -0.05) is 32.1 Å². The van der Waals surface area contributed by atoms with Crippen LogP contribution in [0.15, 0.2) is 0 Å². The van der Waals surface area contributed by atoms with Crippen molar-refractivity contribution in [1.29, 1.82) is 0 Å². The Morgan fingerprint density at radius 1 is 0.892 bits per heavy atom. The zero-order valence-electron chi connectivity index (χ0n) is 23.8. The topological polar surface area (TPSA) is 93.5 Å². The highest BCUT2D eigenvalue weighted by atomic mass is 16.5. The molecule has 3 saturated heterocycles. The Labute approximate surface area is 226 Å². The molecule has 8 unspecified atom stereocenters. The first-order chi connectivity index (χ1) is 17.8. The summed E-state index contributed by atoms with van der Waals surface area (Å²) in [7, 11) is 0. The van der Waals surface area contributed by atoms with Gasteiger partial charge in [0.1, 0.15) is 0 Å². The molecule has 2 bridgehead atoms. The number of nitrogens with one attached hydrogen (secondary N) is 1. The van der Waals surface area contributed by atoms with Crippen LogP contribution in [-0.2, 0) is 4.74 Å². The standard InChI is InChI=1S/C32H57N3O2/c1-29(25-7-3-2-4-8-25)27-11-14-32(37-29,22-31(27,34)15-16-36)26-18-24(17-23-9-10-28(33)35-21-23)19-30(20-26)12-5-6-13-30/h23-28,35-36H,2-22,33-34H2,1H3. The smallest absolute Gasteiger partial charge is 0.0736 e. The molecule has 5 nitrogen and oxygen atoms in total. The van der Waals surface area contributed by atoms with Crippen molar-refractivity contribution >= 4 is 0 Å². The van der Waals surface area contributed by atoms with E-state index in [9.17, 15) is 5.11 Å². The SMILES string of the molecule is CC1(C2CCCCC2)OC2(C3CC(CC4CCC(N)NC4)CC4(CCCC4)C3)CCC1C(N)(CCO)C2. The Kier molecular flexibility index (Phi) is 7.53. The fourth-order valence-corrected chi connectivity index (χ4v) is 11.4. The minimum absolute atomic E-state index is 0.0910. The normalized spacial score (nSPS) is 48.5. The first kappa shape index (κ1) is 27.0. The van der Waals surface area contributed by atoms with E-state index in [0.29, 0.717) is 23.2 Å². The van der Waals surface area contributed by atoms with E-state index in [1.165, 1.54) is 103 Å². The fraction of sp³-hybridized carbons (Fsp3) is 1.00. The molecule has 7 rings (SSSR count). The average Bonchev–Trinajstić information content (AvgIpc) is 3.32. The number of fused-ring (bicyclic) bond motifs is 3. The number of hydrogen-bond acceptors (Lipinski definition) is 5. The first-order valence-electron chi connectivity index (χ1n) is 16.4. The van der Waals surface area contributed by atoms with Crippen molar-refractivity contribution in [3.05, 3.63) is 0 Å². The number of aliphatic hydroxyl groups is 1. The highest BCUT2D eigenvalue weighted by Gasteiger charge is 2.66. The van der Waals surface area contributed by atoms with Crippen molar-refractivity contribution in [2.45, 2.75) is 152 Å². The lowest BCUT2D eigenvalue weighted by Crippen LogP contribution is -2.74. The van der Waals surface area contributed by atoms with Crippen LogP contribution in [0.4, 0.5) is 0 Å². The summed E-state index contributed by atoms with van der Waals surface area (Å²) in [5.41, 5.74) is 13.6. The average molecular weight is 516 g/mol. The highest BCUT2D eigenvalue weighted by Crippen LogP contribution is 2.65. The van der Waals surface area contributed by atoms with E-state index in [-0.39, 0.29) is 29.5 Å². The van der Waals surface area contributed by atoms with Crippen LogP contribution >= 0.6 is 0 Å². The molecule has 4 aliphatic carbocycles. The van der Waals surface area contributed by atoms with Gasteiger partial charge >= 0.3 is 0 Å². The van der Waals surface area contributed by atoms with Crippen molar-refractivity contribution in [2.24, 2.45) is 46.5 Å². The van der Waals surface area contributed by atoms with Crippen LogP contribution in [0, 0.1) is 35.0 Å².